The maximum Gasteiger partial charge on any atom is 0.416 e. The van der Waals surface area contributed by atoms with Crippen LogP contribution in [0, 0.1) is 0 Å². The third-order valence-corrected chi connectivity index (χ3v) is 3.90. The van der Waals surface area contributed by atoms with Crippen molar-refractivity contribution in [3.05, 3.63) is 41.7 Å². The average Bonchev–Trinajstić information content (AvgIpc) is 2.97. The molecule has 0 amide bonds. The van der Waals surface area contributed by atoms with Gasteiger partial charge in [-0.15, -0.1) is 0 Å². The van der Waals surface area contributed by atoms with Gasteiger partial charge in [-0.05, 0) is 37.1 Å². The van der Waals surface area contributed by atoms with Crippen LogP contribution in [0.4, 0.5) is 13.2 Å². The zero-order valence-corrected chi connectivity index (χ0v) is 11.4. The monoisotopic (exact) mass is 295 g/mol. The molecular formula is C15H16F3N3. The Morgan fingerprint density at radius 3 is 2.52 bits per heavy atom. The number of rotatable bonds is 2. The van der Waals surface area contributed by atoms with Crippen LogP contribution < -0.4 is 5.32 Å². The first-order chi connectivity index (χ1) is 10.1. The van der Waals surface area contributed by atoms with Crippen LogP contribution in [-0.2, 0) is 6.18 Å². The van der Waals surface area contributed by atoms with Crippen molar-refractivity contribution in [2.75, 3.05) is 13.1 Å². The smallest absolute Gasteiger partial charge is 0.316 e. The molecule has 1 aromatic heterocycles. The minimum atomic E-state index is -4.30. The number of hydrogen-bond donors (Lipinski definition) is 2. The molecule has 0 radical (unpaired) electrons. The molecule has 6 heteroatoms. The Kier molecular flexibility index (Phi) is 3.71. The van der Waals surface area contributed by atoms with Gasteiger partial charge in [0.15, 0.2) is 0 Å². The normalized spacial score (nSPS) is 19.7. The molecule has 1 atom stereocenters. The predicted octanol–water partition coefficient (Wildman–Crippen LogP) is 3.56. The van der Waals surface area contributed by atoms with E-state index in [1.54, 1.807) is 6.20 Å². The number of halogens is 3. The van der Waals surface area contributed by atoms with Crippen LogP contribution in [0.25, 0.3) is 11.1 Å². The number of benzene rings is 1. The van der Waals surface area contributed by atoms with E-state index in [0.29, 0.717) is 5.92 Å². The van der Waals surface area contributed by atoms with Crippen LogP contribution >= 0.6 is 0 Å². The van der Waals surface area contributed by atoms with Gasteiger partial charge in [0, 0.05) is 23.7 Å². The van der Waals surface area contributed by atoms with E-state index in [0.717, 1.165) is 54.9 Å². The summed E-state index contributed by atoms with van der Waals surface area (Å²) < 4.78 is 37.8. The zero-order chi connectivity index (χ0) is 14.9. The summed E-state index contributed by atoms with van der Waals surface area (Å²) >= 11 is 0. The first kappa shape index (κ1) is 14.1. The summed E-state index contributed by atoms with van der Waals surface area (Å²) in [5.41, 5.74) is 2.02. The molecular weight excluding hydrogens is 279 g/mol. The fourth-order valence-corrected chi connectivity index (χ4v) is 2.77. The van der Waals surface area contributed by atoms with Crippen LogP contribution in [0.15, 0.2) is 30.5 Å². The van der Waals surface area contributed by atoms with Crippen molar-refractivity contribution in [3.63, 3.8) is 0 Å². The number of hydrogen-bond acceptors (Lipinski definition) is 2. The quantitative estimate of drug-likeness (QED) is 0.889. The predicted molar refractivity (Wildman–Crippen MR) is 73.9 cm³/mol. The maximum absolute atomic E-state index is 12.6. The molecule has 21 heavy (non-hydrogen) atoms. The average molecular weight is 295 g/mol. The number of nitrogens with one attached hydrogen (secondary N) is 2. The number of alkyl halides is 3. The number of H-pyrrole nitrogens is 1. The van der Waals surface area contributed by atoms with Crippen LogP contribution in [0.5, 0.6) is 0 Å². The third-order valence-electron chi connectivity index (χ3n) is 3.90. The molecule has 0 bridgehead atoms. The second kappa shape index (κ2) is 5.52. The zero-order valence-electron chi connectivity index (χ0n) is 11.4. The fraction of sp³-hybridized carbons (Fsp3) is 0.400. The fourth-order valence-electron chi connectivity index (χ4n) is 2.77. The number of nitrogens with zero attached hydrogens (tertiary/aromatic N) is 1. The SMILES string of the molecule is FC(F)(F)c1ccc(-c2cn[nH]c2[C@@H]2CCCNC2)cc1. The molecule has 1 aliphatic heterocycles. The van der Waals surface area contributed by atoms with Crippen LogP contribution in [0.3, 0.4) is 0 Å². The lowest BCUT2D eigenvalue weighted by Crippen LogP contribution is -2.28. The second-order valence-electron chi connectivity index (χ2n) is 5.32. The Morgan fingerprint density at radius 2 is 1.90 bits per heavy atom. The van der Waals surface area contributed by atoms with Crippen molar-refractivity contribution < 1.29 is 13.2 Å². The summed E-state index contributed by atoms with van der Waals surface area (Å²) in [6.45, 7) is 1.88. The van der Waals surface area contributed by atoms with Crippen molar-refractivity contribution in [3.8, 4) is 11.1 Å². The highest BCUT2D eigenvalue weighted by Crippen LogP contribution is 2.34. The van der Waals surface area contributed by atoms with Gasteiger partial charge < -0.3 is 5.32 Å². The second-order valence-corrected chi connectivity index (χ2v) is 5.32. The molecule has 1 aromatic carbocycles. The largest absolute Gasteiger partial charge is 0.416 e. The molecule has 0 saturated carbocycles. The van der Waals surface area contributed by atoms with Crippen molar-refractivity contribution in [1.29, 1.82) is 0 Å². The summed E-state index contributed by atoms with van der Waals surface area (Å²) in [5.74, 6) is 0.332. The number of aromatic amines is 1. The van der Waals surface area contributed by atoms with Gasteiger partial charge in [-0.25, -0.2) is 0 Å². The lowest BCUT2D eigenvalue weighted by molar-refractivity contribution is -0.137. The van der Waals surface area contributed by atoms with Gasteiger partial charge in [-0.1, -0.05) is 12.1 Å². The molecule has 3 rings (SSSR count). The molecule has 112 valence electrons. The molecule has 2 aromatic rings. The van der Waals surface area contributed by atoms with E-state index in [4.69, 9.17) is 0 Å². The molecule has 0 aliphatic carbocycles. The van der Waals surface area contributed by atoms with Crippen molar-refractivity contribution in [2.24, 2.45) is 0 Å². The Labute approximate surface area is 120 Å². The maximum atomic E-state index is 12.6. The highest BCUT2D eigenvalue weighted by Gasteiger charge is 2.30. The van der Waals surface area contributed by atoms with Crippen molar-refractivity contribution >= 4 is 0 Å². The highest BCUT2D eigenvalue weighted by molar-refractivity contribution is 5.66. The van der Waals surface area contributed by atoms with Crippen LogP contribution in [0.1, 0.15) is 30.0 Å². The molecule has 2 N–H and O–H groups in total. The molecule has 1 saturated heterocycles. The molecule has 1 fully saturated rings. The van der Waals surface area contributed by atoms with Gasteiger partial charge in [0.1, 0.15) is 0 Å². The molecule has 0 spiro atoms. The summed E-state index contributed by atoms with van der Waals surface area (Å²) in [6.07, 6.45) is -0.462. The number of piperidine rings is 1. The van der Waals surface area contributed by atoms with E-state index in [2.05, 4.69) is 15.5 Å². The van der Waals surface area contributed by atoms with Crippen LogP contribution in [0.2, 0.25) is 0 Å². The van der Waals surface area contributed by atoms with E-state index in [1.807, 2.05) is 0 Å². The van der Waals surface area contributed by atoms with E-state index < -0.39 is 11.7 Å². The first-order valence-electron chi connectivity index (χ1n) is 6.97. The van der Waals surface area contributed by atoms with Crippen LogP contribution in [-0.4, -0.2) is 23.3 Å². The topological polar surface area (TPSA) is 40.7 Å². The summed E-state index contributed by atoms with van der Waals surface area (Å²) in [5, 5.41) is 10.4. The standard InChI is InChI=1S/C15H16F3N3/c16-15(17,18)12-5-3-10(4-6-12)13-9-20-21-14(13)11-2-1-7-19-8-11/h3-6,9,11,19H,1-2,7-8H2,(H,20,21)/t11-/m1/s1. The van der Waals surface area contributed by atoms with Gasteiger partial charge >= 0.3 is 6.18 Å². The van der Waals surface area contributed by atoms with Gasteiger partial charge in [0.05, 0.1) is 11.8 Å². The minimum absolute atomic E-state index is 0.332. The number of aromatic nitrogens is 2. The Bertz CT molecular complexity index is 595. The third kappa shape index (κ3) is 2.95. The summed E-state index contributed by atoms with van der Waals surface area (Å²) in [4.78, 5) is 0. The molecule has 2 heterocycles. The first-order valence-corrected chi connectivity index (χ1v) is 6.97. The molecule has 3 nitrogen and oxygen atoms in total. The van der Waals surface area contributed by atoms with Gasteiger partial charge in [-0.3, -0.25) is 5.10 Å². The Balaban J connectivity index is 1.89. The lowest BCUT2D eigenvalue weighted by Gasteiger charge is -2.22. The van der Waals surface area contributed by atoms with E-state index in [-0.39, 0.29) is 0 Å². The molecule has 0 unspecified atom stereocenters. The van der Waals surface area contributed by atoms with Gasteiger partial charge in [0.2, 0.25) is 0 Å². The summed E-state index contributed by atoms with van der Waals surface area (Å²) in [7, 11) is 0. The Hall–Kier alpha value is -1.82. The Morgan fingerprint density at radius 1 is 1.14 bits per heavy atom. The van der Waals surface area contributed by atoms with Crippen molar-refractivity contribution in [2.45, 2.75) is 24.9 Å². The lowest BCUT2D eigenvalue weighted by atomic mass is 9.91. The highest BCUT2D eigenvalue weighted by atomic mass is 19.4. The van der Waals surface area contributed by atoms with Crippen molar-refractivity contribution in [1.82, 2.24) is 15.5 Å². The van der Waals surface area contributed by atoms with Gasteiger partial charge in [-0.2, -0.15) is 18.3 Å². The van der Waals surface area contributed by atoms with Gasteiger partial charge in [0.25, 0.3) is 0 Å². The van der Waals surface area contributed by atoms with E-state index in [1.165, 1.54) is 12.1 Å². The minimum Gasteiger partial charge on any atom is -0.316 e. The molecule has 1 aliphatic rings. The summed E-state index contributed by atoms with van der Waals surface area (Å²) in [6, 6.07) is 5.25. The van der Waals surface area contributed by atoms with E-state index in [9.17, 15) is 13.2 Å². The van der Waals surface area contributed by atoms with E-state index >= 15 is 0 Å².